The number of nitrogens with two attached hydrogens (primary N) is 1. The molecule has 0 saturated heterocycles. The number of aromatic nitrogens is 6. The van der Waals surface area contributed by atoms with Crippen LogP contribution in [0, 0.1) is 12.8 Å². The number of fused-ring (bicyclic) bond motifs is 1. The van der Waals surface area contributed by atoms with Crippen LogP contribution in [0.15, 0.2) is 104 Å². The summed E-state index contributed by atoms with van der Waals surface area (Å²) in [4.78, 5) is 109. The molecule has 74 heavy (non-hydrogen) atoms. The van der Waals surface area contributed by atoms with Crippen LogP contribution < -0.4 is 27.0 Å². The van der Waals surface area contributed by atoms with Gasteiger partial charge in [0.1, 0.15) is 36.5 Å². The topological polar surface area (TPSA) is 281 Å². The van der Waals surface area contributed by atoms with E-state index in [-0.39, 0.29) is 75.7 Å². The van der Waals surface area contributed by atoms with Crippen LogP contribution in [0.2, 0.25) is 5.02 Å². The van der Waals surface area contributed by atoms with Crippen molar-refractivity contribution < 1.29 is 38.3 Å². The van der Waals surface area contributed by atoms with E-state index in [1.165, 1.54) is 23.4 Å². The molecule has 0 fully saturated rings. The van der Waals surface area contributed by atoms with Crippen LogP contribution in [0.4, 0.5) is 15.3 Å². The number of carbonyl (C=O) groups excluding carboxylic acids is 7. The zero-order valence-electron chi connectivity index (χ0n) is 41.2. The number of nitrogens with zero attached hydrogens (tertiary/aromatic N) is 7. The number of imide groups is 1. The van der Waals surface area contributed by atoms with Gasteiger partial charge in [-0.1, -0.05) is 62.2 Å². The number of benzene rings is 2. The molecule has 0 radical (unpaired) electrons. The van der Waals surface area contributed by atoms with E-state index in [1.807, 2.05) is 55.6 Å². The van der Waals surface area contributed by atoms with Gasteiger partial charge in [0.15, 0.2) is 5.65 Å². The molecular formula is C52H58ClN13O8. The number of aromatic amines is 1. The van der Waals surface area contributed by atoms with Crippen molar-refractivity contribution in [1.29, 1.82) is 0 Å². The van der Waals surface area contributed by atoms with Gasteiger partial charge in [0.25, 0.3) is 11.8 Å². The van der Waals surface area contributed by atoms with Gasteiger partial charge in [-0.25, -0.2) is 24.1 Å². The first-order chi connectivity index (χ1) is 35.6. The molecule has 0 unspecified atom stereocenters. The van der Waals surface area contributed by atoms with Crippen molar-refractivity contribution in [3.8, 4) is 22.6 Å². The summed E-state index contributed by atoms with van der Waals surface area (Å²) in [5, 5.41) is 15.7. The lowest BCUT2D eigenvalue weighted by Crippen LogP contribution is -2.54. The Labute approximate surface area is 431 Å². The van der Waals surface area contributed by atoms with Crippen LogP contribution in [-0.4, -0.2) is 106 Å². The van der Waals surface area contributed by atoms with Crippen molar-refractivity contribution in [1.82, 2.24) is 55.3 Å². The molecule has 6 aromatic rings. The van der Waals surface area contributed by atoms with Crippen LogP contribution in [0.25, 0.3) is 28.3 Å². The van der Waals surface area contributed by atoms with E-state index in [9.17, 15) is 33.6 Å². The van der Waals surface area contributed by atoms with Crippen molar-refractivity contribution in [3.63, 3.8) is 0 Å². The van der Waals surface area contributed by atoms with Crippen molar-refractivity contribution in [2.75, 3.05) is 18.4 Å². The predicted octanol–water partition coefficient (Wildman–Crippen LogP) is 5.98. The largest absolute Gasteiger partial charge is 0.445 e. The second-order valence-corrected chi connectivity index (χ2v) is 18.5. The third kappa shape index (κ3) is 14.8. The monoisotopic (exact) mass is 1030 g/mol. The van der Waals surface area contributed by atoms with E-state index in [2.05, 4.69) is 36.3 Å². The van der Waals surface area contributed by atoms with E-state index in [0.29, 0.717) is 64.1 Å². The SMILES string of the molecule is Cc1cccc(-c2nc(CN(Cc3ccc(Cl)cc3)C(=O)OCc3ccc(NC(=O)[C@H](CCCNC(N)=O)NC(=O)[C@@H](NC(=O)CCCCCN4C(=O)C=CC4=O)C(C)C)cc3)[nH]c2-c2ccc3ncnn3c2)n1. The number of hydrogen-bond donors (Lipinski definition) is 6. The van der Waals surface area contributed by atoms with Crippen molar-refractivity contribution in [3.05, 3.63) is 131 Å². The number of unbranched alkanes of at least 4 members (excludes halogenated alkanes) is 2. The summed E-state index contributed by atoms with van der Waals surface area (Å²) < 4.78 is 7.54. The van der Waals surface area contributed by atoms with Crippen molar-refractivity contribution in [2.24, 2.45) is 11.7 Å². The summed E-state index contributed by atoms with van der Waals surface area (Å²) in [6, 6.07) is 20.4. The molecular weight excluding hydrogens is 970 g/mol. The molecule has 1 aliphatic rings. The average molecular weight is 1030 g/mol. The molecule has 0 spiro atoms. The summed E-state index contributed by atoms with van der Waals surface area (Å²) in [7, 11) is 0. The van der Waals surface area contributed by atoms with Crippen molar-refractivity contribution in [2.45, 2.75) is 91.1 Å². The number of pyridine rings is 2. The van der Waals surface area contributed by atoms with Gasteiger partial charge < -0.3 is 36.7 Å². The number of rotatable bonds is 24. The molecule has 5 heterocycles. The minimum absolute atomic E-state index is 0.0322. The standard InChI is InChI=1S/C52H58ClN13O8/c1-32(2)46(63-43(67)12-5-4-6-26-65-44(68)23-24-45(65)69)50(71)60-40(11-8-25-55-51(54)72)49(70)59-38-20-15-35(16-21-38)30-74-52(73)64(27-34-13-18-37(53)19-14-34)29-41-61-47(36-17-22-42-56-31-57-66(42)28-36)48(62-41)39-10-7-9-33(3)58-39/h7,9-10,13-24,28,31-32,40,46H,4-6,8,11-12,25-27,29-30H2,1-3H3,(H,59,70)(H,60,71)(H,61,62)(H,63,67)(H3,54,55,72)/t40-,46-/m0/s1. The van der Waals surface area contributed by atoms with Crippen LogP contribution in [0.1, 0.15) is 75.0 Å². The number of nitrogens with one attached hydrogen (secondary N) is 5. The quantitative estimate of drug-likeness (QED) is 0.0302. The molecule has 2 aromatic carbocycles. The second kappa shape index (κ2) is 25.3. The number of aryl methyl sites for hydroxylation is 1. The van der Waals surface area contributed by atoms with E-state index in [1.54, 1.807) is 54.8 Å². The van der Waals surface area contributed by atoms with Gasteiger partial charge >= 0.3 is 12.1 Å². The molecule has 22 heteroatoms. The van der Waals surface area contributed by atoms with Gasteiger partial charge in [0.2, 0.25) is 17.7 Å². The maximum atomic E-state index is 14.0. The number of primary amides is 1. The van der Waals surface area contributed by atoms with Gasteiger partial charge in [-0.2, -0.15) is 5.10 Å². The molecule has 386 valence electrons. The number of halogens is 1. The average Bonchev–Trinajstić information content (AvgIpc) is 4.12. The molecule has 0 bridgehead atoms. The maximum absolute atomic E-state index is 14.0. The molecule has 7 N–H and O–H groups in total. The Kier molecular flexibility index (Phi) is 18.2. The first-order valence-corrected chi connectivity index (χ1v) is 24.5. The number of carbonyl (C=O) groups is 7. The molecule has 7 rings (SSSR count). The fourth-order valence-corrected chi connectivity index (χ4v) is 8.20. The number of amides is 8. The fourth-order valence-electron chi connectivity index (χ4n) is 8.07. The highest BCUT2D eigenvalue weighted by Gasteiger charge is 2.29. The van der Waals surface area contributed by atoms with Crippen LogP contribution in [0.5, 0.6) is 0 Å². The maximum Gasteiger partial charge on any atom is 0.410 e. The third-order valence-corrected chi connectivity index (χ3v) is 12.2. The third-order valence-electron chi connectivity index (χ3n) is 12.0. The van der Waals surface area contributed by atoms with Crippen LogP contribution in [-0.2, 0) is 48.4 Å². The summed E-state index contributed by atoms with van der Waals surface area (Å²) in [5.74, 6) is -2.07. The Balaban J connectivity index is 0.984. The Morgan fingerprint density at radius 3 is 2.30 bits per heavy atom. The molecule has 0 saturated carbocycles. The van der Waals surface area contributed by atoms with Crippen LogP contribution >= 0.6 is 11.6 Å². The Hall–Kier alpha value is -8.46. The summed E-state index contributed by atoms with van der Waals surface area (Å²) in [5.41, 5.74) is 11.2. The molecule has 4 aromatic heterocycles. The summed E-state index contributed by atoms with van der Waals surface area (Å²) in [6.07, 6.45) is 7.23. The lowest BCUT2D eigenvalue weighted by Gasteiger charge is -2.25. The second-order valence-electron chi connectivity index (χ2n) is 18.0. The highest BCUT2D eigenvalue weighted by molar-refractivity contribution is 6.30. The Morgan fingerprint density at radius 2 is 1.58 bits per heavy atom. The van der Waals surface area contributed by atoms with E-state index in [0.717, 1.165) is 21.7 Å². The van der Waals surface area contributed by atoms with Crippen molar-refractivity contribution >= 4 is 64.6 Å². The normalized spacial score (nSPS) is 13.0. The molecule has 2 atom stereocenters. The minimum Gasteiger partial charge on any atom is -0.445 e. The van der Waals surface area contributed by atoms with Crippen LogP contribution in [0.3, 0.4) is 0 Å². The fraction of sp³-hybridized carbons (Fsp3) is 0.327. The van der Waals surface area contributed by atoms with Gasteiger partial charge in [0.05, 0.1) is 17.9 Å². The number of H-pyrrole nitrogens is 1. The van der Waals surface area contributed by atoms with Gasteiger partial charge in [-0.15, -0.1) is 0 Å². The number of anilines is 1. The van der Waals surface area contributed by atoms with Gasteiger partial charge in [-0.3, -0.25) is 38.8 Å². The number of imidazole rings is 1. The zero-order valence-corrected chi connectivity index (χ0v) is 41.9. The lowest BCUT2D eigenvalue weighted by molar-refractivity contribution is -0.137. The minimum atomic E-state index is -1.07. The summed E-state index contributed by atoms with van der Waals surface area (Å²) >= 11 is 6.20. The zero-order chi connectivity index (χ0) is 52.7. The Morgan fingerprint density at radius 1 is 0.838 bits per heavy atom. The van der Waals surface area contributed by atoms with Gasteiger partial charge in [-0.05, 0) is 98.2 Å². The first-order valence-electron chi connectivity index (χ1n) is 24.2. The predicted molar refractivity (Wildman–Crippen MR) is 274 cm³/mol. The molecule has 21 nitrogen and oxygen atoms in total. The number of hydrogen-bond acceptors (Lipinski definition) is 12. The molecule has 8 amide bonds. The van der Waals surface area contributed by atoms with Gasteiger partial charge in [0, 0.05) is 66.4 Å². The molecule has 1 aliphatic heterocycles. The molecule has 0 aliphatic carbocycles. The number of urea groups is 1. The lowest BCUT2D eigenvalue weighted by atomic mass is 10.0. The smallest absolute Gasteiger partial charge is 0.410 e. The number of ether oxygens (including phenoxy) is 1. The first kappa shape index (κ1) is 53.3. The summed E-state index contributed by atoms with van der Waals surface area (Å²) in [6.45, 7) is 5.91. The van der Waals surface area contributed by atoms with E-state index in [4.69, 9.17) is 32.0 Å². The highest BCUT2D eigenvalue weighted by atomic mass is 35.5. The van der Waals surface area contributed by atoms with E-state index >= 15 is 0 Å². The Bertz CT molecular complexity index is 2990. The van der Waals surface area contributed by atoms with E-state index < -0.39 is 36.0 Å². The highest BCUT2D eigenvalue weighted by Crippen LogP contribution is 2.30.